The molecule has 2 aromatic carbocycles. The van der Waals surface area contributed by atoms with Gasteiger partial charge in [-0.05, 0) is 36.1 Å². The minimum absolute atomic E-state index is 0.809. The fourth-order valence-electron chi connectivity index (χ4n) is 2.19. The SMILES string of the molecule is CCc1ccccc1CNc1c(C)cccc1N. The molecule has 2 heteroatoms. The maximum Gasteiger partial charge on any atom is 0.0606 e. The predicted octanol–water partition coefficient (Wildman–Crippen LogP) is 3.75. The number of aryl methyl sites for hydroxylation is 2. The zero-order valence-corrected chi connectivity index (χ0v) is 11.0. The number of hydrogen-bond acceptors (Lipinski definition) is 2. The minimum Gasteiger partial charge on any atom is -0.397 e. The van der Waals surface area contributed by atoms with Crippen LogP contribution in [0.3, 0.4) is 0 Å². The van der Waals surface area contributed by atoms with E-state index in [0.29, 0.717) is 0 Å². The van der Waals surface area contributed by atoms with E-state index in [1.165, 1.54) is 16.7 Å². The molecule has 0 radical (unpaired) electrons. The summed E-state index contributed by atoms with van der Waals surface area (Å²) in [6.45, 7) is 5.07. The van der Waals surface area contributed by atoms with E-state index in [9.17, 15) is 0 Å². The van der Waals surface area contributed by atoms with Gasteiger partial charge in [0.15, 0.2) is 0 Å². The van der Waals surface area contributed by atoms with Crippen LogP contribution in [-0.2, 0) is 13.0 Å². The van der Waals surface area contributed by atoms with Crippen molar-refractivity contribution in [2.75, 3.05) is 11.1 Å². The quantitative estimate of drug-likeness (QED) is 0.799. The van der Waals surface area contributed by atoms with Crippen LogP contribution in [-0.4, -0.2) is 0 Å². The van der Waals surface area contributed by atoms with E-state index in [1.807, 2.05) is 12.1 Å². The number of anilines is 2. The number of benzene rings is 2. The van der Waals surface area contributed by atoms with E-state index >= 15 is 0 Å². The first-order valence-electron chi connectivity index (χ1n) is 6.38. The van der Waals surface area contributed by atoms with Crippen molar-refractivity contribution in [3.05, 3.63) is 59.2 Å². The van der Waals surface area contributed by atoms with Crippen molar-refractivity contribution < 1.29 is 0 Å². The third-order valence-corrected chi connectivity index (χ3v) is 3.26. The monoisotopic (exact) mass is 240 g/mol. The normalized spacial score (nSPS) is 10.3. The Morgan fingerprint density at radius 3 is 2.39 bits per heavy atom. The van der Waals surface area contributed by atoms with Gasteiger partial charge in [-0.1, -0.05) is 43.3 Å². The van der Waals surface area contributed by atoms with Crippen molar-refractivity contribution in [3.63, 3.8) is 0 Å². The van der Waals surface area contributed by atoms with Gasteiger partial charge in [-0.15, -0.1) is 0 Å². The summed E-state index contributed by atoms with van der Waals surface area (Å²) in [5, 5.41) is 3.45. The number of nitrogen functional groups attached to an aromatic ring is 1. The third kappa shape index (κ3) is 2.65. The van der Waals surface area contributed by atoms with Gasteiger partial charge in [-0.25, -0.2) is 0 Å². The van der Waals surface area contributed by atoms with E-state index < -0.39 is 0 Å². The lowest BCUT2D eigenvalue weighted by Gasteiger charge is -2.14. The molecule has 0 aliphatic carbocycles. The number of para-hydroxylation sites is 1. The van der Waals surface area contributed by atoms with E-state index in [4.69, 9.17) is 5.73 Å². The smallest absolute Gasteiger partial charge is 0.0606 e. The molecular formula is C16H20N2. The molecule has 0 bridgehead atoms. The Morgan fingerprint density at radius 2 is 1.72 bits per heavy atom. The highest BCUT2D eigenvalue weighted by atomic mass is 14.9. The minimum atomic E-state index is 0.809. The molecule has 0 spiro atoms. The molecule has 0 amide bonds. The summed E-state index contributed by atoms with van der Waals surface area (Å²) in [4.78, 5) is 0. The Kier molecular flexibility index (Phi) is 3.88. The average Bonchev–Trinajstić information content (AvgIpc) is 2.38. The first-order chi connectivity index (χ1) is 8.72. The van der Waals surface area contributed by atoms with Gasteiger partial charge in [-0.2, -0.15) is 0 Å². The number of nitrogens with one attached hydrogen (secondary N) is 1. The molecular weight excluding hydrogens is 220 g/mol. The van der Waals surface area contributed by atoms with Crippen molar-refractivity contribution in [3.8, 4) is 0 Å². The van der Waals surface area contributed by atoms with Gasteiger partial charge in [0.2, 0.25) is 0 Å². The van der Waals surface area contributed by atoms with Gasteiger partial charge < -0.3 is 11.1 Å². The van der Waals surface area contributed by atoms with Gasteiger partial charge in [-0.3, -0.25) is 0 Å². The van der Waals surface area contributed by atoms with Gasteiger partial charge in [0, 0.05) is 6.54 Å². The molecule has 0 heterocycles. The molecule has 2 rings (SSSR count). The number of rotatable bonds is 4. The van der Waals surface area contributed by atoms with E-state index in [2.05, 4.69) is 49.5 Å². The summed E-state index contributed by atoms with van der Waals surface area (Å²) in [5.41, 5.74) is 11.8. The van der Waals surface area contributed by atoms with Crippen molar-refractivity contribution in [1.82, 2.24) is 0 Å². The molecule has 0 aromatic heterocycles. The Balaban J connectivity index is 2.16. The van der Waals surface area contributed by atoms with Crippen molar-refractivity contribution >= 4 is 11.4 Å². The highest BCUT2D eigenvalue weighted by Crippen LogP contribution is 2.23. The van der Waals surface area contributed by atoms with Crippen molar-refractivity contribution in [2.24, 2.45) is 0 Å². The van der Waals surface area contributed by atoms with Crippen LogP contribution in [0.2, 0.25) is 0 Å². The summed E-state index contributed by atoms with van der Waals surface area (Å²) in [7, 11) is 0. The molecule has 0 saturated heterocycles. The maximum absolute atomic E-state index is 5.99. The zero-order chi connectivity index (χ0) is 13.0. The van der Waals surface area contributed by atoms with Crippen molar-refractivity contribution in [2.45, 2.75) is 26.8 Å². The van der Waals surface area contributed by atoms with Crippen LogP contribution in [0.1, 0.15) is 23.6 Å². The van der Waals surface area contributed by atoms with Gasteiger partial charge in [0.05, 0.1) is 11.4 Å². The average molecular weight is 240 g/mol. The molecule has 2 nitrogen and oxygen atoms in total. The number of hydrogen-bond donors (Lipinski definition) is 2. The first-order valence-corrected chi connectivity index (χ1v) is 6.38. The molecule has 18 heavy (non-hydrogen) atoms. The van der Waals surface area contributed by atoms with Gasteiger partial charge in [0.25, 0.3) is 0 Å². The Hall–Kier alpha value is -1.96. The summed E-state index contributed by atoms with van der Waals surface area (Å²) in [5.74, 6) is 0. The molecule has 2 aromatic rings. The molecule has 0 aliphatic rings. The summed E-state index contributed by atoms with van der Waals surface area (Å²) in [6, 6.07) is 14.5. The maximum atomic E-state index is 5.99. The largest absolute Gasteiger partial charge is 0.397 e. The molecule has 0 atom stereocenters. The Morgan fingerprint density at radius 1 is 1.00 bits per heavy atom. The molecule has 0 aliphatic heterocycles. The highest BCUT2D eigenvalue weighted by molar-refractivity contribution is 5.69. The molecule has 0 fully saturated rings. The first kappa shape index (κ1) is 12.5. The molecule has 94 valence electrons. The van der Waals surface area contributed by atoms with E-state index in [1.54, 1.807) is 0 Å². The highest BCUT2D eigenvalue weighted by Gasteiger charge is 2.04. The van der Waals surface area contributed by atoms with E-state index in [-0.39, 0.29) is 0 Å². The van der Waals surface area contributed by atoms with Gasteiger partial charge in [0.1, 0.15) is 0 Å². The standard InChI is InChI=1S/C16H20N2/c1-3-13-8-4-5-9-14(13)11-18-16-12(2)7-6-10-15(16)17/h4-10,18H,3,11,17H2,1-2H3. The molecule has 0 saturated carbocycles. The summed E-state index contributed by atoms with van der Waals surface area (Å²) >= 11 is 0. The predicted molar refractivity (Wildman–Crippen MR) is 78.7 cm³/mol. The lowest BCUT2D eigenvalue weighted by Crippen LogP contribution is -2.06. The topological polar surface area (TPSA) is 38.0 Å². The summed E-state index contributed by atoms with van der Waals surface area (Å²) < 4.78 is 0. The lowest BCUT2D eigenvalue weighted by molar-refractivity contribution is 1.04. The van der Waals surface area contributed by atoms with Crippen LogP contribution in [0.5, 0.6) is 0 Å². The molecule has 3 N–H and O–H groups in total. The van der Waals surface area contributed by atoms with Crippen LogP contribution < -0.4 is 11.1 Å². The van der Waals surface area contributed by atoms with Crippen LogP contribution in [0.4, 0.5) is 11.4 Å². The third-order valence-electron chi connectivity index (χ3n) is 3.26. The number of nitrogens with two attached hydrogens (primary N) is 1. The Labute approximate surface area is 109 Å². The zero-order valence-electron chi connectivity index (χ0n) is 11.0. The second-order valence-corrected chi connectivity index (χ2v) is 4.51. The fourth-order valence-corrected chi connectivity index (χ4v) is 2.19. The Bertz CT molecular complexity index is 512. The second kappa shape index (κ2) is 5.58. The second-order valence-electron chi connectivity index (χ2n) is 4.51. The van der Waals surface area contributed by atoms with Gasteiger partial charge >= 0.3 is 0 Å². The summed E-state index contributed by atoms with van der Waals surface area (Å²) in [6.07, 6.45) is 1.06. The lowest BCUT2D eigenvalue weighted by atomic mass is 10.0. The van der Waals surface area contributed by atoms with E-state index in [0.717, 1.165) is 24.3 Å². The van der Waals surface area contributed by atoms with Crippen molar-refractivity contribution in [1.29, 1.82) is 0 Å². The van der Waals surface area contributed by atoms with Crippen LogP contribution in [0.25, 0.3) is 0 Å². The van der Waals surface area contributed by atoms with Crippen LogP contribution >= 0.6 is 0 Å². The molecule has 0 unspecified atom stereocenters. The fraction of sp³-hybridized carbons (Fsp3) is 0.250. The van der Waals surface area contributed by atoms with Crippen LogP contribution in [0, 0.1) is 6.92 Å². The van der Waals surface area contributed by atoms with Crippen LogP contribution in [0.15, 0.2) is 42.5 Å².